The minimum absolute atomic E-state index is 0.472. The zero-order chi connectivity index (χ0) is 15.5. The molecule has 4 aliphatic rings. The van der Waals surface area contributed by atoms with E-state index >= 15 is 0 Å². The van der Waals surface area contributed by atoms with Gasteiger partial charge in [-0.05, 0) is 92.3 Å². The fourth-order valence-electron chi connectivity index (χ4n) is 7.41. The van der Waals surface area contributed by atoms with Gasteiger partial charge < -0.3 is 4.74 Å². The Hall–Kier alpha value is -0.300. The largest absolute Gasteiger partial charge is 0.381 e. The Balaban J connectivity index is 1.63. The molecule has 1 heteroatoms. The number of hydrogen-bond acceptors (Lipinski definition) is 1. The highest BCUT2D eigenvalue weighted by Crippen LogP contribution is 2.67. The average molecular weight is 303 g/mol. The molecule has 0 radical (unpaired) electrons. The van der Waals surface area contributed by atoms with E-state index in [0.29, 0.717) is 16.9 Å². The summed E-state index contributed by atoms with van der Waals surface area (Å²) < 4.78 is 5.79. The standard InChI is InChI=1S/C21H34O/c1-14-5-10-18-17-9-7-15-6-8-16(22-4)13-21(15,3)19(17)11-12-20(14,18)2/h15-19H,1,5-13H2,2-4H3/t15-,16-,17+,18+,19+,20-,21+/m1/s1. The molecule has 0 N–H and O–H groups in total. The Bertz CT molecular complexity index is 469. The average Bonchev–Trinajstić information content (AvgIpc) is 2.81. The molecule has 0 aromatic rings. The van der Waals surface area contributed by atoms with Gasteiger partial charge >= 0.3 is 0 Å². The van der Waals surface area contributed by atoms with Gasteiger partial charge in [-0.25, -0.2) is 0 Å². The zero-order valence-electron chi connectivity index (χ0n) is 14.9. The Morgan fingerprint density at radius 2 is 1.77 bits per heavy atom. The number of ether oxygens (including phenoxy) is 1. The zero-order valence-corrected chi connectivity index (χ0v) is 14.9. The van der Waals surface area contributed by atoms with Crippen molar-refractivity contribution in [3.63, 3.8) is 0 Å². The summed E-state index contributed by atoms with van der Waals surface area (Å²) in [6, 6.07) is 0. The van der Waals surface area contributed by atoms with Crippen molar-refractivity contribution in [3.8, 4) is 0 Å². The lowest BCUT2D eigenvalue weighted by Crippen LogP contribution is -2.53. The van der Waals surface area contributed by atoms with Crippen LogP contribution in [0.25, 0.3) is 0 Å². The minimum atomic E-state index is 0.472. The van der Waals surface area contributed by atoms with Crippen LogP contribution in [0.3, 0.4) is 0 Å². The fraction of sp³-hybridized carbons (Fsp3) is 0.905. The molecule has 0 aromatic carbocycles. The summed E-state index contributed by atoms with van der Waals surface area (Å²) >= 11 is 0. The smallest absolute Gasteiger partial charge is 0.0576 e. The molecule has 1 nitrogen and oxygen atoms in total. The van der Waals surface area contributed by atoms with Gasteiger partial charge in [0.1, 0.15) is 0 Å². The van der Waals surface area contributed by atoms with Crippen LogP contribution in [0.15, 0.2) is 12.2 Å². The molecule has 0 spiro atoms. The molecule has 0 bridgehead atoms. The molecule has 4 saturated carbocycles. The number of allylic oxidation sites excluding steroid dienone is 1. The normalized spacial score (nSPS) is 54.5. The third-order valence-corrected chi connectivity index (χ3v) is 8.86. The van der Waals surface area contributed by atoms with Gasteiger partial charge in [0.05, 0.1) is 6.10 Å². The highest BCUT2D eigenvalue weighted by atomic mass is 16.5. The van der Waals surface area contributed by atoms with Gasteiger partial charge in [-0.2, -0.15) is 0 Å². The van der Waals surface area contributed by atoms with E-state index in [1.54, 1.807) is 5.57 Å². The first-order valence-corrected chi connectivity index (χ1v) is 9.70. The second-order valence-corrected chi connectivity index (χ2v) is 9.39. The molecule has 124 valence electrons. The van der Waals surface area contributed by atoms with E-state index < -0.39 is 0 Å². The summed E-state index contributed by atoms with van der Waals surface area (Å²) in [7, 11) is 1.92. The van der Waals surface area contributed by atoms with E-state index in [0.717, 1.165) is 23.7 Å². The molecular formula is C21H34O. The Morgan fingerprint density at radius 3 is 2.55 bits per heavy atom. The van der Waals surface area contributed by atoms with Crippen LogP contribution in [-0.4, -0.2) is 13.2 Å². The third kappa shape index (κ3) is 1.93. The molecule has 22 heavy (non-hydrogen) atoms. The van der Waals surface area contributed by atoms with Crippen LogP contribution in [0, 0.1) is 34.5 Å². The maximum absolute atomic E-state index is 5.79. The van der Waals surface area contributed by atoms with Crippen LogP contribution in [0.5, 0.6) is 0 Å². The molecule has 0 aliphatic heterocycles. The number of fused-ring (bicyclic) bond motifs is 5. The van der Waals surface area contributed by atoms with E-state index in [1.165, 1.54) is 57.8 Å². The predicted octanol–water partition coefficient (Wildman–Crippen LogP) is 5.60. The Morgan fingerprint density at radius 1 is 1.00 bits per heavy atom. The van der Waals surface area contributed by atoms with Gasteiger partial charge in [0.25, 0.3) is 0 Å². The van der Waals surface area contributed by atoms with Crippen molar-refractivity contribution >= 4 is 0 Å². The van der Waals surface area contributed by atoms with Gasteiger partial charge in [0.2, 0.25) is 0 Å². The lowest BCUT2D eigenvalue weighted by Gasteiger charge is -2.60. The molecular weight excluding hydrogens is 268 g/mol. The van der Waals surface area contributed by atoms with E-state index in [2.05, 4.69) is 20.4 Å². The summed E-state index contributed by atoms with van der Waals surface area (Å²) in [6.07, 6.45) is 13.1. The summed E-state index contributed by atoms with van der Waals surface area (Å²) in [4.78, 5) is 0. The van der Waals surface area contributed by atoms with Crippen molar-refractivity contribution in [1.82, 2.24) is 0 Å². The summed E-state index contributed by atoms with van der Waals surface area (Å²) in [5.41, 5.74) is 2.59. The van der Waals surface area contributed by atoms with Crippen molar-refractivity contribution in [1.29, 1.82) is 0 Å². The molecule has 4 rings (SSSR count). The van der Waals surface area contributed by atoms with Gasteiger partial charge in [-0.1, -0.05) is 26.0 Å². The van der Waals surface area contributed by atoms with E-state index in [-0.39, 0.29) is 0 Å². The predicted molar refractivity (Wildman–Crippen MR) is 91.7 cm³/mol. The van der Waals surface area contributed by atoms with Crippen molar-refractivity contribution < 1.29 is 4.74 Å². The SMILES string of the molecule is C=C1CC[C@H]2[C@@H]3CC[C@H]4CC[C@@H](OC)C[C@]4(C)[C@H]3CC[C@]12C. The number of methoxy groups -OCH3 is 1. The van der Waals surface area contributed by atoms with Gasteiger partial charge in [-0.3, -0.25) is 0 Å². The van der Waals surface area contributed by atoms with Crippen LogP contribution in [-0.2, 0) is 4.74 Å². The minimum Gasteiger partial charge on any atom is -0.381 e. The second kappa shape index (κ2) is 5.10. The van der Waals surface area contributed by atoms with Crippen molar-refractivity contribution in [2.24, 2.45) is 34.5 Å². The summed E-state index contributed by atoms with van der Waals surface area (Å²) in [6.45, 7) is 9.62. The van der Waals surface area contributed by atoms with Crippen molar-refractivity contribution in [3.05, 3.63) is 12.2 Å². The van der Waals surface area contributed by atoms with Crippen LogP contribution >= 0.6 is 0 Å². The summed E-state index contributed by atoms with van der Waals surface area (Å²) in [5.74, 6) is 3.82. The molecule has 0 aromatic heterocycles. The van der Waals surface area contributed by atoms with E-state index in [1.807, 2.05) is 7.11 Å². The first-order chi connectivity index (χ1) is 10.5. The van der Waals surface area contributed by atoms with Crippen LogP contribution in [0.2, 0.25) is 0 Å². The van der Waals surface area contributed by atoms with Gasteiger partial charge in [0.15, 0.2) is 0 Å². The lowest BCUT2D eigenvalue weighted by atomic mass is 9.45. The molecule has 0 unspecified atom stereocenters. The molecule has 0 saturated heterocycles. The summed E-state index contributed by atoms with van der Waals surface area (Å²) in [5, 5.41) is 0. The highest BCUT2D eigenvalue weighted by molar-refractivity contribution is 5.21. The second-order valence-electron chi connectivity index (χ2n) is 9.39. The molecule has 7 atom stereocenters. The van der Waals surface area contributed by atoms with Crippen molar-refractivity contribution in [2.45, 2.75) is 77.7 Å². The van der Waals surface area contributed by atoms with Crippen LogP contribution in [0.1, 0.15) is 71.6 Å². The van der Waals surface area contributed by atoms with E-state index in [9.17, 15) is 0 Å². The number of hydrogen-bond donors (Lipinski definition) is 0. The monoisotopic (exact) mass is 302 g/mol. The van der Waals surface area contributed by atoms with Crippen LogP contribution < -0.4 is 0 Å². The first-order valence-electron chi connectivity index (χ1n) is 9.70. The lowest BCUT2D eigenvalue weighted by molar-refractivity contribution is -0.126. The Kier molecular flexibility index (Phi) is 3.53. The first kappa shape index (κ1) is 15.2. The maximum Gasteiger partial charge on any atom is 0.0576 e. The number of rotatable bonds is 1. The van der Waals surface area contributed by atoms with E-state index in [4.69, 9.17) is 4.74 Å². The molecule has 4 fully saturated rings. The molecule has 0 amide bonds. The van der Waals surface area contributed by atoms with Crippen LogP contribution in [0.4, 0.5) is 0 Å². The molecule has 0 heterocycles. The quantitative estimate of drug-likeness (QED) is 0.573. The van der Waals surface area contributed by atoms with Crippen molar-refractivity contribution in [2.75, 3.05) is 7.11 Å². The molecule has 4 aliphatic carbocycles. The van der Waals surface area contributed by atoms with Gasteiger partial charge in [-0.15, -0.1) is 0 Å². The highest BCUT2D eigenvalue weighted by Gasteiger charge is 2.58. The fourth-order valence-corrected chi connectivity index (χ4v) is 7.41. The topological polar surface area (TPSA) is 9.23 Å². The van der Waals surface area contributed by atoms with Gasteiger partial charge in [0, 0.05) is 7.11 Å². The Labute approximate surface area is 136 Å². The maximum atomic E-state index is 5.79. The third-order valence-electron chi connectivity index (χ3n) is 8.86.